The summed E-state index contributed by atoms with van der Waals surface area (Å²) in [5.74, 6) is 1.01. The van der Waals surface area contributed by atoms with Crippen LogP contribution in [0.25, 0.3) is 0 Å². The summed E-state index contributed by atoms with van der Waals surface area (Å²) in [4.78, 5) is 12.1. The minimum absolute atomic E-state index is 0.286. The Morgan fingerprint density at radius 3 is 2.50 bits per heavy atom. The van der Waals surface area contributed by atoms with Gasteiger partial charge in [-0.25, -0.2) is 0 Å². The number of rotatable bonds is 5. The van der Waals surface area contributed by atoms with E-state index in [0.717, 1.165) is 5.75 Å². The summed E-state index contributed by atoms with van der Waals surface area (Å²) < 4.78 is 10.6. The summed E-state index contributed by atoms with van der Waals surface area (Å²) in [6, 6.07) is 15.7. The van der Waals surface area contributed by atoms with E-state index in [1.54, 1.807) is 62.6 Å². The molecule has 1 N–H and O–H groups in total. The molecule has 0 aliphatic rings. The lowest BCUT2D eigenvalue weighted by Gasteiger charge is -2.15. The Bertz CT molecular complexity index is 690. The molecule has 5 nitrogen and oxygen atoms in total. The van der Waals surface area contributed by atoms with Gasteiger partial charge in [-0.15, -0.1) is 0 Å². The summed E-state index contributed by atoms with van der Waals surface area (Å²) in [6.45, 7) is 1.66. The molecule has 0 aliphatic heterocycles. The lowest BCUT2D eigenvalue weighted by atomic mass is 10.2. The van der Waals surface area contributed by atoms with E-state index in [-0.39, 0.29) is 5.91 Å². The second kappa shape index (κ2) is 7.14. The van der Waals surface area contributed by atoms with Crippen molar-refractivity contribution in [3.05, 3.63) is 54.1 Å². The fourth-order valence-corrected chi connectivity index (χ4v) is 1.82. The standard InChI is InChI=1S/C17H16N2O3/c1-12(22-16-8-6-15(21-2)7-9-16)17(20)19-14-5-3-4-13(10-14)11-18/h3-10,12H,1-2H3,(H,19,20)/t12-/m1/s1. The number of hydrogen-bond acceptors (Lipinski definition) is 4. The summed E-state index contributed by atoms with van der Waals surface area (Å²) >= 11 is 0. The van der Waals surface area contributed by atoms with E-state index in [2.05, 4.69) is 5.32 Å². The molecule has 0 heterocycles. The Morgan fingerprint density at radius 1 is 1.18 bits per heavy atom. The molecule has 2 rings (SSSR count). The van der Waals surface area contributed by atoms with Crippen LogP contribution < -0.4 is 14.8 Å². The maximum Gasteiger partial charge on any atom is 0.265 e. The number of amides is 1. The average Bonchev–Trinajstić information content (AvgIpc) is 2.55. The highest BCUT2D eigenvalue weighted by Crippen LogP contribution is 2.18. The van der Waals surface area contributed by atoms with Crippen molar-refractivity contribution in [2.24, 2.45) is 0 Å². The first-order valence-corrected chi connectivity index (χ1v) is 6.74. The summed E-state index contributed by atoms with van der Waals surface area (Å²) in [7, 11) is 1.58. The zero-order chi connectivity index (χ0) is 15.9. The van der Waals surface area contributed by atoms with Crippen LogP contribution in [0.2, 0.25) is 0 Å². The fraction of sp³-hybridized carbons (Fsp3) is 0.176. The van der Waals surface area contributed by atoms with Crippen molar-refractivity contribution >= 4 is 11.6 Å². The van der Waals surface area contributed by atoms with Crippen LogP contribution in [-0.4, -0.2) is 19.1 Å². The largest absolute Gasteiger partial charge is 0.497 e. The molecular weight excluding hydrogens is 280 g/mol. The van der Waals surface area contributed by atoms with Crippen molar-refractivity contribution in [2.75, 3.05) is 12.4 Å². The van der Waals surface area contributed by atoms with Crippen LogP contribution in [0.4, 0.5) is 5.69 Å². The molecule has 22 heavy (non-hydrogen) atoms. The number of nitrogens with zero attached hydrogens (tertiary/aromatic N) is 1. The molecule has 0 fully saturated rings. The molecular formula is C17H16N2O3. The number of benzene rings is 2. The van der Waals surface area contributed by atoms with Gasteiger partial charge in [0, 0.05) is 5.69 Å². The van der Waals surface area contributed by atoms with Crippen LogP contribution in [0.1, 0.15) is 12.5 Å². The number of nitriles is 1. The van der Waals surface area contributed by atoms with Gasteiger partial charge in [0.1, 0.15) is 11.5 Å². The third kappa shape index (κ3) is 4.00. The topological polar surface area (TPSA) is 71.3 Å². The van der Waals surface area contributed by atoms with Gasteiger partial charge in [0.15, 0.2) is 6.10 Å². The predicted octanol–water partition coefficient (Wildman–Crippen LogP) is 2.97. The van der Waals surface area contributed by atoms with E-state index in [9.17, 15) is 4.79 Å². The lowest BCUT2D eigenvalue weighted by molar-refractivity contribution is -0.122. The molecule has 1 atom stereocenters. The molecule has 0 saturated heterocycles. The highest BCUT2D eigenvalue weighted by molar-refractivity contribution is 5.94. The van der Waals surface area contributed by atoms with E-state index >= 15 is 0 Å². The normalized spacial score (nSPS) is 11.1. The SMILES string of the molecule is COc1ccc(O[C@H](C)C(=O)Nc2cccc(C#N)c2)cc1. The van der Waals surface area contributed by atoms with Gasteiger partial charge in [0.05, 0.1) is 18.7 Å². The van der Waals surface area contributed by atoms with Gasteiger partial charge >= 0.3 is 0 Å². The van der Waals surface area contributed by atoms with Gasteiger partial charge < -0.3 is 14.8 Å². The molecule has 0 unspecified atom stereocenters. The van der Waals surface area contributed by atoms with Crippen molar-refractivity contribution in [3.63, 3.8) is 0 Å². The molecule has 5 heteroatoms. The first-order valence-electron chi connectivity index (χ1n) is 6.74. The average molecular weight is 296 g/mol. The summed E-state index contributed by atoms with van der Waals surface area (Å²) in [6.07, 6.45) is -0.667. The Hall–Kier alpha value is -3.00. The summed E-state index contributed by atoms with van der Waals surface area (Å²) in [5.41, 5.74) is 1.05. The Labute approximate surface area is 129 Å². The Morgan fingerprint density at radius 2 is 1.86 bits per heavy atom. The maximum absolute atomic E-state index is 12.1. The van der Waals surface area contributed by atoms with E-state index in [4.69, 9.17) is 14.7 Å². The minimum Gasteiger partial charge on any atom is -0.497 e. The van der Waals surface area contributed by atoms with Crippen molar-refractivity contribution in [1.82, 2.24) is 0 Å². The molecule has 2 aromatic carbocycles. The Balaban J connectivity index is 1.97. The van der Waals surface area contributed by atoms with E-state index in [1.807, 2.05) is 6.07 Å². The lowest BCUT2D eigenvalue weighted by Crippen LogP contribution is -2.30. The number of ether oxygens (including phenoxy) is 2. The molecule has 1 amide bonds. The van der Waals surface area contributed by atoms with Gasteiger partial charge in [-0.3, -0.25) is 4.79 Å². The number of carbonyl (C=O) groups excluding carboxylic acids is 1. The third-order valence-electron chi connectivity index (χ3n) is 3.00. The Kier molecular flexibility index (Phi) is 4.99. The van der Waals surface area contributed by atoms with Crippen molar-refractivity contribution in [1.29, 1.82) is 5.26 Å². The predicted molar refractivity (Wildman–Crippen MR) is 82.9 cm³/mol. The molecule has 0 saturated carbocycles. The monoisotopic (exact) mass is 296 g/mol. The fourth-order valence-electron chi connectivity index (χ4n) is 1.82. The van der Waals surface area contributed by atoms with Gasteiger partial charge in [0.25, 0.3) is 5.91 Å². The van der Waals surface area contributed by atoms with Crippen LogP contribution in [0.3, 0.4) is 0 Å². The molecule has 2 aromatic rings. The molecule has 0 aliphatic carbocycles. The van der Waals surface area contributed by atoms with Crippen molar-refractivity contribution < 1.29 is 14.3 Å². The molecule has 0 radical (unpaired) electrons. The van der Waals surface area contributed by atoms with Crippen LogP contribution in [0.15, 0.2) is 48.5 Å². The number of methoxy groups -OCH3 is 1. The quantitative estimate of drug-likeness (QED) is 0.920. The number of hydrogen-bond donors (Lipinski definition) is 1. The molecule has 0 aromatic heterocycles. The minimum atomic E-state index is -0.667. The van der Waals surface area contributed by atoms with Crippen LogP contribution in [-0.2, 0) is 4.79 Å². The van der Waals surface area contributed by atoms with Crippen LogP contribution in [0.5, 0.6) is 11.5 Å². The summed E-state index contributed by atoms with van der Waals surface area (Å²) in [5, 5.41) is 11.6. The van der Waals surface area contributed by atoms with Crippen molar-refractivity contribution in [3.8, 4) is 17.6 Å². The van der Waals surface area contributed by atoms with E-state index in [1.165, 1.54) is 0 Å². The number of nitrogens with one attached hydrogen (secondary N) is 1. The zero-order valence-corrected chi connectivity index (χ0v) is 12.4. The molecule has 0 bridgehead atoms. The van der Waals surface area contributed by atoms with Crippen molar-refractivity contribution in [2.45, 2.75) is 13.0 Å². The van der Waals surface area contributed by atoms with E-state index < -0.39 is 6.10 Å². The van der Waals surface area contributed by atoms with Gasteiger partial charge in [-0.1, -0.05) is 6.07 Å². The van der Waals surface area contributed by atoms with Crippen LogP contribution >= 0.6 is 0 Å². The molecule has 112 valence electrons. The highest BCUT2D eigenvalue weighted by atomic mass is 16.5. The van der Waals surface area contributed by atoms with Gasteiger partial charge in [-0.05, 0) is 49.4 Å². The maximum atomic E-state index is 12.1. The second-order valence-electron chi connectivity index (χ2n) is 4.62. The van der Waals surface area contributed by atoms with Gasteiger partial charge in [0.2, 0.25) is 0 Å². The first-order chi connectivity index (χ1) is 10.6. The van der Waals surface area contributed by atoms with Gasteiger partial charge in [-0.2, -0.15) is 5.26 Å². The highest BCUT2D eigenvalue weighted by Gasteiger charge is 2.15. The second-order valence-corrected chi connectivity index (χ2v) is 4.62. The smallest absolute Gasteiger partial charge is 0.265 e. The zero-order valence-electron chi connectivity index (χ0n) is 12.4. The molecule has 0 spiro atoms. The van der Waals surface area contributed by atoms with E-state index in [0.29, 0.717) is 17.0 Å². The number of anilines is 1. The number of carbonyl (C=O) groups is 1. The first kappa shape index (κ1) is 15.4. The third-order valence-corrected chi connectivity index (χ3v) is 3.00. The van der Waals surface area contributed by atoms with Crippen LogP contribution in [0, 0.1) is 11.3 Å².